The predicted octanol–water partition coefficient (Wildman–Crippen LogP) is 2.24. The standard InChI is InChI=1S/C10H17N3O2S/c1-6(2)7-10(3,4)16-8(12-7)13-15-9(14)11-5/h6H,1-5H3,(H,11,14)/b13-8-. The second kappa shape index (κ2) is 4.86. The highest BCUT2D eigenvalue weighted by atomic mass is 32.2. The summed E-state index contributed by atoms with van der Waals surface area (Å²) in [5, 5.41) is 6.52. The number of thioether (sulfide) groups is 1. The predicted molar refractivity (Wildman–Crippen MR) is 66.9 cm³/mol. The maximum Gasteiger partial charge on any atom is 0.433 e. The van der Waals surface area contributed by atoms with Gasteiger partial charge >= 0.3 is 6.09 Å². The van der Waals surface area contributed by atoms with Crippen LogP contribution in [-0.4, -0.2) is 28.8 Å². The Morgan fingerprint density at radius 1 is 1.56 bits per heavy atom. The molecule has 1 rings (SSSR count). The van der Waals surface area contributed by atoms with E-state index in [-0.39, 0.29) is 4.75 Å². The van der Waals surface area contributed by atoms with Crippen LogP contribution in [-0.2, 0) is 4.84 Å². The first-order valence-corrected chi connectivity index (χ1v) is 5.93. The van der Waals surface area contributed by atoms with Gasteiger partial charge < -0.3 is 5.32 Å². The Balaban J connectivity index is 2.78. The van der Waals surface area contributed by atoms with E-state index in [0.717, 1.165) is 5.71 Å². The van der Waals surface area contributed by atoms with Gasteiger partial charge in [-0.05, 0) is 24.9 Å². The third-order valence-electron chi connectivity index (χ3n) is 2.14. The van der Waals surface area contributed by atoms with Gasteiger partial charge in [-0.15, -0.1) is 0 Å². The first kappa shape index (κ1) is 13.0. The zero-order valence-corrected chi connectivity index (χ0v) is 11.0. The van der Waals surface area contributed by atoms with Crippen molar-refractivity contribution < 1.29 is 9.63 Å². The van der Waals surface area contributed by atoms with Crippen LogP contribution in [0.2, 0.25) is 0 Å². The molecule has 5 nitrogen and oxygen atoms in total. The number of hydrogen-bond acceptors (Lipinski definition) is 4. The number of amides is 1. The molecule has 90 valence electrons. The van der Waals surface area contributed by atoms with Crippen LogP contribution < -0.4 is 5.32 Å². The number of rotatable bonds is 2. The maximum atomic E-state index is 10.8. The molecule has 0 fully saturated rings. The Morgan fingerprint density at radius 2 is 2.19 bits per heavy atom. The Kier molecular flexibility index (Phi) is 3.96. The first-order chi connectivity index (χ1) is 7.36. The van der Waals surface area contributed by atoms with Gasteiger partial charge in [0.2, 0.25) is 5.17 Å². The van der Waals surface area contributed by atoms with E-state index in [1.807, 2.05) is 0 Å². The molecular formula is C10H17N3O2S. The van der Waals surface area contributed by atoms with Gasteiger partial charge in [0.05, 0.1) is 4.75 Å². The summed E-state index contributed by atoms with van der Waals surface area (Å²) in [6.45, 7) is 8.34. The topological polar surface area (TPSA) is 63.0 Å². The quantitative estimate of drug-likeness (QED) is 0.597. The molecule has 0 atom stereocenters. The number of amidine groups is 1. The highest BCUT2D eigenvalue weighted by Crippen LogP contribution is 2.36. The van der Waals surface area contributed by atoms with Gasteiger partial charge in [0, 0.05) is 12.8 Å². The largest absolute Gasteiger partial charge is 0.433 e. The second-order valence-corrected chi connectivity index (χ2v) is 5.86. The molecular weight excluding hydrogens is 226 g/mol. The second-order valence-electron chi connectivity index (χ2n) is 4.27. The number of hydrogen-bond donors (Lipinski definition) is 1. The molecule has 0 unspecified atom stereocenters. The van der Waals surface area contributed by atoms with Crippen LogP contribution in [0.1, 0.15) is 27.7 Å². The van der Waals surface area contributed by atoms with E-state index in [9.17, 15) is 4.79 Å². The summed E-state index contributed by atoms with van der Waals surface area (Å²) in [6, 6.07) is 0. The van der Waals surface area contributed by atoms with E-state index in [4.69, 9.17) is 0 Å². The van der Waals surface area contributed by atoms with Crippen molar-refractivity contribution in [1.29, 1.82) is 0 Å². The van der Waals surface area contributed by atoms with Crippen LogP contribution in [0.3, 0.4) is 0 Å². The maximum absolute atomic E-state index is 10.8. The van der Waals surface area contributed by atoms with E-state index >= 15 is 0 Å². The van der Waals surface area contributed by atoms with Crippen LogP contribution in [0.25, 0.3) is 0 Å². The minimum atomic E-state index is -0.584. The average Bonchev–Trinajstić information content (AvgIpc) is 2.50. The fraction of sp³-hybridized carbons (Fsp3) is 0.700. The van der Waals surface area contributed by atoms with E-state index < -0.39 is 6.09 Å². The van der Waals surface area contributed by atoms with E-state index in [1.54, 1.807) is 0 Å². The van der Waals surface area contributed by atoms with Gasteiger partial charge in [-0.3, -0.25) is 4.84 Å². The summed E-state index contributed by atoms with van der Waals surface area (Å²) in [4.78, 5) is 19.8. The number of nitrogens with zero attached hydrogens (tertiary/aromatic N) is 2. The molecule has 6 heteroatoms. The summed E-state index contributed by atoms with van der Waals surface area (Å²) in [5.74, 6) is 0.357. The fourth-order valence-corrected chi connectivity index (χ4v) is 2.59. The van der Waals surface area contributed by atoms with Crippen molar-refractivity contribution in [2.24, 2.45) is 16.1 Å². The lowest BCUT2D eigenvalue weighted by atomic mass is 9.97. The van der Waals surface area contributed by atoms with Crippen molar-refractivity contribution >= 4 is 28.7 Å². The Morgan fingerprint density at radius 3 is 2.62 bits per heavy atom. The summed E-state index contributed by atoms with van der Waals surface area (Å²) in [7, 11) is 1.48. The third kappa shape index (κ3) is 2.98. The summed E-state index contributed by atoms with van der Waals surface area (Å²) >= 11 is 1.50. The number of nitrogens with one attached hydrogen (secondary N) is 1. The Hall–Kier alpha value is -1.04. The highest BCUT2D eigenvalue weighted by Gasteiger charge is 2.36. The highest BCUT2D eigenvalue weighted by molar-refractivity contribution is 8.16. The van der Waals surface area contributed by atoms with E-state index in [2.05, 4.69) is 48.0 Å². The van der Waals surface area contributed by atoms with Crippen molar-refractivity contribution in [3.8, 4) is 0 Å². The SMILES string of the molecule is CNC(=O)O/N=C1/N=C(C(C)C)C(C)(C)S1. The summed E-state index contributed by atoms with van der Waals surface area (Å²) in [6.07, 6.45) is -0.584. The van der Waals surface area contributed by atoms with E-state index in [0.29, 0.717) is 11.1 Å². The van der Waals surface area contributed by atoms with Crippen LogP contribution in [0, 0.1) is 5.92 Å². The molecule has 1 aliphatic rings. The van der Waals surface area contributed by atoms with Gasteiger partial charge in [-0.2, -0.15) is 0 Å². The molecule has 0 aromatic rings. The van der Waals surface area contributed by atoms with Crippen molar-refractivity contribution in [2.45, 2.75) is 32.4 Å². The van der Waals surface area contributed by atoms with Crippen molar-refractivity contribution in [3.63, 3.8) is 0 Å². The number of carbonyl (C=O) groups is 1. The van der Waals surface area contributed by atoms with Gasteiger partial charge in [0.1, 0.15) is 0 Å². The minimum Gasteiger partial charge on any atom is -0.323 e. The number of oxime groups is 1. The van der Waals surface area contributed by atoms with Crippen molar-refractivity contribution in [3.05, 3.63) is 0 Å². The van der Waals surface area contributed by atoms with E-state index in [1.165, 1.54) is 18.8 Å². The zero-order chi connectivity index (χ0) is 12.3. The first-order valence-electron chi connectivity index (χ1n) is 5.11. The lowest BCUT2D eigenvalue weighted by Crippen LogP contribution is -2.28. The van der Waals surface area contributed by atoms with Crippen LogP contribution in [0.5, 0.6) is 0 Å². The molecule has 0 aromatic heterocycles. The number of aliphatic imine (C=N–C) groups is 1. The van der Waals surface area contributed by atoms with Crippen LogP contribution in [0.15, 0.2) is 10.1 Å². The fourth-order valence-electron chi connectivity index (χ4n) is 1.53. The molecule has 0 bridgehead atoms. The molecule has 0 spiro atoms. The van der Waals surface area contributed by atoms with Gasteiger partial charge in [-0.1, -0.05) is 25.6 Å². The smallest absolute Gasteiger partial charge is 0.323 e. The van der Waals surface area contributed by atoms with Gasteiger partial charge in [0.25, 0.3) is 0 Å². The van der Waals surface area contributed by atoms with Crippen molar-refractivity contribution in [1.82, 2.24) is 5.32 Å². The third-order valence-corrected chi connectivity index (χ3v) is 3.20. The molecule has 1 heterocycles. The molecule has 1 aliphatic heterocycles. The monoisotopic (exact) mass is 243 g/mol. The van der Waals surface area contributed by atoms with Crippen LogP contribution >= 0.6 is 11.8 Å². The Labute approximate surface area is 99.7 Å². The summed E-state index contributed by atoms with van der Waals surface area (Å²) in [5.41, 5.74) is 1.07. The average molecular weight is 243 g/mol. The molecule has 16 heavy (non-hydrogen) atoms. The lowest BCUT2D eigenvalue weighted by molar-refractivity contribution is 0.153. The molecule has 0 saturated heterocycles. The normalized spacial score (nSPS) is 21.1. The minimum absolute atomic E-state index is 0.0843. The number of carbonyl (C=O) groups excluding carboxylic acids is 1. The molecule has 0 aromatic carbocycles. The van der Waals surface area contributed by atoms with Gasteiger partial charge in [-0.25, -0.2) is 9.79 Å². The molecule has 0 saturated carbocycles. The molecule has 1 N–H and O–H groups in total. The molecule has 0 aliphatic carbocycles. The van der Waals surface area contributed by atoms with Crippen molar-refractivity contribution in [2.75, 3.05) is 7.05 Å². The van der Waals surface area contributed by atoms with Gasteiger partial charge in [0.15, 0.2) is 0 Å². The molecule has 0 radical (unpaired) electrons. The zero-order valence-electron chi connectivity index (χ0n) is 10.2. The summed E-state index contributed by atoms with van der Waals surface area (Å²) < 4.78 is -0.0843. The molecule has 1 amide bonds. The Bertz CT molecular complexity index is 348. The van der Waals surface area contributed by atoms with Crippen LogP contribution in [0.4, 0.5) is 4.79 Å². The lowest BCUT2D eigenvalue weighted by Gasteiger charge is -2.20.